The molecule has 0 amide bonds. The molecule has 0 saturated heterocycles. The molecule has 17 heavy (non-hydrogen) atoms. The van der Waals surface area contributed by atoms with Crippen molar-refractivity contribution in [2.75, 3.05) is 0 Å². The minimum Gasteiger partial charge on any atom is -0.399 e. The zero-order chi connectivity index (χ0) is 12.7. The monoisotopic (exact) mass is 233 g/mol. The first-order chi connectivity index (χ1) is 8.13. The normalized spacial score (nSPS) is 25.0. The molecule has 0 aromatic rings. The summed E-state index contributed by atoms with van der Waals surface area (Å²) in [7, 11) is 0. The van der Waals surface area contributed by atoms with Crippen LogP contribution in [0.15, 0.2) is 36.6 Å². The molecule has 1 rings (SSSR count). The van der Waals surface area contributed by atoms with E-state index in [1.807, 2.05) is 6.08 Å². The Labute approximate surface area is 106 Å². The van der Waals surface area contributed by atoms with Crippen LogP contribution >= 0.6 is 0 Å². The number of hydrogen-bond donors (Lipinski definition) is 1. The van der Waals surface area contributed by atoms with Crippen molar-refractivity contribution in [3.05, 3.63) is 36.6 Å². The molecule has 1 aliphatic rings. The van der Waals surface area contributed by atoms with Gasteiger partial charge in [-0.15, -0.1) is 0 Å². The standard InChI is InChI=1S/C16H27N/c1-4-15-9-11-16(12-10-15)13(2)7-5-6-8-14(3)17/h6,8,15-16H,2-5,7,9-12,17H2,1H3/b8-6+. The van der Waals surface area contributed by atoms with E-state index in [2.05, 4.69) is 26.2 Å². The van der Waals surface area contributed by atoms with Crippen molar-refractivity contribution < 1.29 is 0 Å². The summed E-state index contributed by atoms with van der Waals surface area (Å²) in [5, 5.41) is 0. The van der Waals surface area contributed by atoms with E-state index in [0.29, 0.717) is 5.70 Å². The predicted molar refractivity (Wildman–Crippen MR) is 76.6 cm³/mol. The van der Waals surface area contributed by atoms with Gasteiger partial charge in [-0.2, -0.15) is 0 Å². The molecule has 0 aromatic heterocycles. The zero-order valence-electron chi connectivity index (χ0n) is 11.3. The van der Waals surface area contributed by atoms with Gasteiger partial charge in [-0.3, -0.25) is 0 Å². The molecule has 0 heterocycles. The third kappa shape index (κ3) is 5.25. The molecule has 0 bridgehead atoms. The number of rotatable bonds is 6. The van der Waals surface area contributed by atoms with Gasteiger partial charge in [-0.25, -0.2) is 0 Å². The van der Waals surface area contributed by atoms with Crippen LogP contribution in [0.5, 0.6) is 0 Å². The lowest BCUT2D eigenvalue weighted by Gasteiger charge is -2.29. The Morgan fingerprint density at radius 1 is 1.24 bits per heavy atom. The molecule has 2 N–H and O–H groups in total. The van der Waals surface area contributed by atoms with Crippen LogP contribution in [0.25, 0.3) is 0 Å². The smallest absolute Gasteiger partial charge is 0.0237 e. The van der Waals surface area contributed by atoms with Crippen LogP contribution in [0, 0.1) is 11.8 Å². The van der Waals surface area contributed by atoms with E-state index < -0.39 is 0 Å². The Morgan fingerprint density at radius 2 is 1.88 bits per heavy atom. The van der Waals surface area contributed by atoms with Gasteiger partial charge >= 0.3 is 0 Å². The first-order valence-corrected chi connectivity index (χ1v) is 6.92. The van der Waals surface area contributed by atoms with E-state index in [0.717, 1.165) is 24.7 Å². The van der Waals surface area contributed by atoms with Gasteiger partial charge in [-0.05, 0) is 56.4 Å². The summed E-state index contributed by atoms with van der Waals surface area (Å²) in [6, 6.07) is 0. The highest BCUT2D eigenvalue weighted by Gasteiger charge is 2.21. The van der Waals surface area contributed by atoms with Crippen molar-refractivity contribution in [3.8, 4) is 0 Å². The first kappa shape index (κ1) is 14.1. The third-order valence-electron chi connectivity index (χ3n) is 3.97. The highest BCUT2D eigenvalue weighted by atomic mass is 14.5. The summed E-state index contributed by atoms with van der Waals surface area (Å²) >= 11 is 0. The van der Waals surface area contributed by atoms with Gasteiger partial charge < -0.3 is 5.73 Å². The summed E-state index contributed by atoms with van der Waals surface area (Å²) in [6.45, 7) is 10.2. The average Bonchev–Trinajstić information content (AvgIpc) is 2.34. The molecule has 96 valence electrons. The molecule has 1 aliphatic carbocycles. The minimum atomic E-state index is 0.638. The van der Waals surface area contributed by atoms with E-state index in [4.69, 9.17) is 5.73 Å². The molecular weight excluding hydrogens is 206 g/mol. The summed E-state index contributed by atoms with van der Waals surface area (Å²) in [5.41, 5.74) is 7.55. The summed E-state index contributed by atoms with van der Waals surface area (Å²) in [4.78, 5) is 0. The first-order valence-electron chi connectivity index (χ1n) is 6.92. The SMILES string of the molecule is C=C(N)/C=C/CCC(=C)C1CCC(CC)CC1. The fourth-order valence-corrected chi connectivity index (χ4v) is 2.69. The van der Waals surface area contributed by atoms with Gasteiger partial charge in [-0.1, -0.05) is 38.2 Å². The van der Waals surface area contributed by atoms with Crippen molar-refractivity contribution in [1.82, 2.24) is 0 Å². The zero-order valence-corrected chi connectivity index (χ0v) is 11.3. The molecule has 1 nitrogen and oxygen atoms in total. The maximum atomic E-state index is 5.48. The van der Waals surface area contributed by atoms with E-state index in [1.54, 1.807) is 0 Å². The van der Waals surface area contributed by atoms with E-state index in [9.17, 15) is 0 Å². The second kappa shape index (κ2) is 7.37. The van der Waals surface area contributed by atoms with E-state index >= 15 is 0 Å². The summed E-state index contributed by atoms with van der Waals surface area (Å²) < 4.78 is 0. The van der Waals surface area contributed by atoms with Crippen LogP contribution in [0.2, 0.25) is 0 Å². The van der Waals surface area contributed by atoms with Gasteiger partial charge in [0.2, 0.25) is 0 Å². The number of hydrogen-bond acceptors (Lipinski definition) is 1. The Kier molecular flexibility index (Phi) is 6.10. The fourth-order valence-electron chi connectivity index (χ4n) is 2.69. The Bertz CT molecular complexity index is 280. The fraction of sp³-hybridized carbons (Fsp3) is 0.625. The second-order valence-electron chi connectivity index (χ2n) is 5.30. The average molecular weight is 233 g/mol. The van der Waals surface area contributed by atoms with Crippen LogP contribution in [0.1, 0.15) is 51.9 Å². The van der Waals surface area contributed by atoms with Gasteiger partial charge in [0.15, 0.2) is 0 Å². The maximum absolute atomic E-state index is 5.48. The molecule has 1 heteroatoms. The lowest BCUT2D eigenvalue weighted by atomic mass is 9.77. The van der Waals surface area contributed by atoms with E-state index in [1.165, 1.54) is 37.7 Å². The van der Waals surface area contributed by atoms with Crippen LogP contribution in [-0.2, 0) is 0 Å². The second-order valence-corrected chi connectivity index (χ2v) is 5.30. The summed E-state index contributed by atoms with van der Waals surface area (Å²) in [6.07, 6.45) is 13.0. The highest BCUT2D eigenvalue weighted by molar-refractivity contribution is 5.11. The van der Waals surface area contributed by atoms with Crippen molar-refractivity contribution in [1.29, 1.82) is 0 Å². The Morgan fingerprint density at radius 3 is 2.41 bits per heavy atom. The van der Waals surface area contributed by atoms with Gasteiger partial charge in [0.1, 0.15) is 0 Å². The molecule has 0 radical (unpaired) electrons. The van der Waals surface area contributed by atoms with Crippen molar-refractivity contribution >= 4 is 0 Å². The lowest BCUT2D eigenvalue weighted by Crippen LogP contribution is -2.15. The molecule has 1 saturated carbocycles. The lowest BCUT2D eigenvalue weighted by molar-refractivity contribution is 0.292. The van der Waals surface area contributed by atoms with Crippen molar-refractivity contribution in [2.45, 2.75) is 51.9 Å². The van der Waals surface area contributed by atoms with Gasteiger partial charge in [0, 0.05) is 5.70 Å². The van der Waals surface area contributed by atoms with Gasteiger partial charge in [0.05, 0.1) is 0 Å². The highest BCUT2D eigenvalue weighted by Crippen LogP contribution is 2.35. The minimum absolute atomic E-state index is 0.638. The summed E-state index contributed by atoms with van der Waals surface area (Å²) in [5.74, 6) is 1.74. The molecule has 0 aromatic carbocycles. The molecule has 1 fully saturated rings. The largest absolute Gasteiger partial charge is 0.399 e. The Balaban J connectivity index is 2.22. The predicted octanol–water partition coefficient (Wildman–Crippen LogP) is 4.57. The molecule has 0 spiro atoms. The Hall–Kier alpha value is -0.980. The van der Waals surface area contributed by atoms with Gasteiger partial charge in [0.25, 0.3) is 0 Å². The third-order valence-corrected chi connectivity index (χ3v) is 3.97. The molecular formula is C16H27N. The molecule has 0 unspecified atom stereocenters. The number of nitrogens with two attached hydrogens (primary N) is 1. The molecule has 0 aliphatic heterocycles. The van der Waals surface area contributed by atoms with Crippen molar-refractivity contribution in [2.24, 2.45) is 17.6 Å². The van der Waals surface area contributed by atoms with Crippen molar-refractivity contribution in [3.63, 3.8) is 0 Å². The molecule has 0 atom stereocenters. The quantitative estimate of drug-likeness (QED) is 0.528. The van der Waals surface area contributed by atoms with Crippen LogP contribution < -0.4 is 5.73 Å². The van der Waals surface area contributed by atoms with Crippen LogP contribution in [0.3, 0.4) is 0 Å². The topological polar surface area (TPSA) is 26.0 Å². The van der Waals surface area contributed by atoms with Crippen LogP contribution in [0.4, 0.5) is 0 Å². The van der Waals surface area contributed by atoms with Crippen LogP contribution in [-0.4, -0.2) is 0 Å². The van der Waals surface area contributed by atoms with E-state index in [-0.39, 0.29) is 0 Å². The number of allylic oxidation sites excluding steroid dienone is 3. The maximum Gasteiger partial charge on any atom is 0.0237 e.